The van der Waals surface area contributed by atoms with E-state index in [0.29, 0.717) is 4.90 Å². The lowest BCUT2D eigenvalue weighted by molar-refractivity contribution is 0.331. The molecule has 0 radical (unpaired) electrons. The van der Waals surface area contributed by atoms with E-state index >= 15 is 0 Å². The van der Waals surface area contributed by atoms with Crippen molar-refractivity contribution in [1.29, 1.82) is 0 Å². The van der Waals surface area contributed by atoms with Gasteiger partial charge in [0.15, 0.2) is 0 Å². The van der Waals surface area contributed by atoms with Gasteiger partial charge in [-0.05, 0) is 48.5 Å². The van der Waals surface area contributed by atoms with Gasteiger partial charge in [0.25, 0.3) is 0 Å². The lowest BCUT2D eigenvalue weighted by Crippen LogP contribution is -2.19. The molecule has 3 aromatic carbocycles. The summed E-state index contributed by atoms with van der Waals surface area (Å²) < 4.78 is 31.3. The Bertz CT molecular complexity index is 1080. The van der Waals surface area contributed by atoms with Crippen molar-refractivity contribution in [3.63, 3.8) is 0 Å². The third-order valence-electron chi connectivity index (χ3n) is 4.51. The highest BCUT2D eigenvalue weighted by atomic mass is 79.9. The zero-order valence-electron chi connectivity index (χ0n) is 14.2. The molecule has 2 unspecified atom stereocenters. The molecule has 0 aliphatic heterocycles. The second kappa shape index (κ2) is 7.86. The third kappa shape index (κ3) is 3.89. The Morgan fingerprint density at radius 3 is 2.00 bits per heavy atom. The minimum absolute atomic E-state index is 0.0156. The first-order valence-corrected chi connectivity index (χ1v) is 11.4. The predicted molar refractivity (Wildman–Crippen MR) is 117 cm³/mol. The van der Waals surface area contributed by atoms with Gasteiger partial charge < -0.3 is 4.57 Å². The first-order valence-electron chi connectivity index (χ1n) is 8.47. The standard InChI is InChI=1S/C21H16Br2FNOS/c22-14-6-8-20-18(10-14)19-11-15(23)7-9-21(19)25(20)12-16(24)13-27(26)17-4-2-1-3-5-17/h1-11,16H,12-13H2. The number of halogens is 3. The Morgan fingerprint density at radius 1 is 0.889 bits per heavy atom. The summed E-state index contributed by atoms with van der Waals surface area (Å²) in [5.41, 5.74) is 1.94. The first kappa shape index (κ1) is 18.8. The van der Waals surface area contributed by atoms with Crippen molar-refractivity contribution >= 4 is 64.5 Å². The van der Waals surface area contributed by atoms with Crippen LogP contribution in [0.3, 0.4) is 0 Å². The van der Waals surface area contributed by atoms with Gasteiger partial charge in [-0.25, -0.2) is 4.39 Å². The van der Waals surface area contributed by atoms with Crippen molar-refractivity contribution in [2.45, 2.75) is 17.6 Å². The second-order valence-corrected chi connectivity index (χ2v) is 9.68. The Morgan fingerprint density at radius 2 is 1.44 bits per heavy atom. The predicted octanol–water partition coefficient (Wildman–Crippen LogP) is 6.47. The molecule has 0 aliphatic rings. The van der Waals surface area contributed by atoms with E-state index in [-0.39, 0.29) is 12.3 Å². The van der Waals surface area contributed by atoms with E-state index in [0.717, 1.165) is 30.8 Å². The van der Waals surface area contributed by atoms with Gasteiger partial charge >= 0.3 is 0 Å². The van der Waals surface area contributed by atoms with E-state index in [2.05, 4.69) is 44.0 Å². The van der Waals surface area contributed by atoms with E-state index in [1.807, 2.05) is 47.0 Å². The highest BCUT2D eigenvalue weighted by Crippen LogP contribution is 2.33. The van der Waals surface area contributed by atoms with Crippen LogP contribution in [0, 0.1) is 0 Å². The first-order chi connectivity index (χ1) is 13.0. The Balaban J connectivity index is 1.69. The zero-order chi connectivity index (χ0) is 19.0. The average molecular weight is 509 g/mol. The molecule has 4 aromatic rings. The van der Waals surface area contributed by atoms with Crippen LogP contribution in [0.15, 0.2) is 80.6 Å². The summed E-state index contributed by atoms with van der Waals surface area (Å²) in [6.07, 6.45) is -1.21. The van der Waals surface area contributed by atoms with Crippen LogP contribution in [0.4, 0.5) is 4.39 Å². The summed E-state index contributed by atoms with van der Waals surface area (Å²) >= 11 is 7.04. The molecule has 27 heavy (non-hydrogen) atoms. The van der Waals surface area contributed by atoms with Gasteiger partial charge in [0, 0.05) is 35.6 Å². The highest BCUT2D eigenvalue weighted by molar-refractivity contribution is 9.10. The van der Waals surface area contributed by atoms with Crippen molar-refractivity contribution in [3.8, 4) is 0 Å². The molecule has 0 bridgehead atoms. The summed E-state index contributed by atoms with van der Waals surface area (Å²) in [7, 11) is -1.35. The fraction of sp³-hybridized carbons (Fsp3) is 0.143. The minimum atomic E-state index is -1.35. The number of fused-ring (bicyclic) bond motifs is 3. The number of benzene rings is 3. The van der Waals surface area contributed by atoms with E-state index in [1.54, 1.807) is 12.1 Å². The maximum atomic E-state index is 14.9. The quantitative estimate of drug-likeness (QED) is 0.303. The van der Waals surface area contributed by atoms with Gasteiger partial charge in [-0.15, -0.1) is 0 Å². The molecule has 0 saturated carbocycles. The molecule has 2 nitrogen and oxygen atoms in total. The Hall–Kier alpha value is -1.50. The molecule has 0 fully saturated rings. The van der Waals surface area contributed by atoms with E-state index in [9.17, 15) is 8.60 Å². The van der Waals surface area contributed by atoms with Gasteiger partial charge in [0.05, 0.1) is 23.1 Å². The summed E-state index contributed by atoms with van der Waals surface area (Å²) in [6.45, 7) is 0.168. The molecule has 0 N–H and O–H groups in total. The molecule has 0 amide bonds. The summed E-state index contributed by atoms with van der Waals surface area (Å²) in [4.78, 5) is 0.662. The Labute approximate surface area is 176 Å². The maximum Gasteiger partial charge on any atom is 0.130 e. The topological polar surface area (TPSA) is 22.0 Å². The number of nitrogens with zero attached hydrogens (tertiary/aromatic N) is 1. The van der Waals surface area contributed by atoms with Gasteiger partial charge in [-0.3, -0.25) is 4.21 Å². The summed E-state index contributed by atoms with van der Waals surface area (Å²) in [5.74, 6) is -0.0156. The normalized spacial score (nSPS) is 13.9. The van der Waals surface area contributed by atoms with Gasteiger partial charge in [-0.1, -0.05) is 50.1 Å². The SMILES string of the molecule is O=S(CC(F)Cn1c2ccc(Br)cc2c2cc(Br)ccc21)c1ccccc1. The average Bonchev–Trinajstić information content (AvgIpc) is 2.94. The van der Waals surface area contributed by atoms with Crippen LogP contribution >= 0.6 is 31.9 Å². The van der Waals surface area contributed by atoms with Crippen molar-refractivity contribution in [1.82, 2.24) is 4.57 Å². The zero-order valence-corrected chi connectivity index (χ0v) is 18.2. The molecule has 2 atom stereocenters. The molecule has 6 heteroatoms. The lowest BCUT2D eigenvalue weighted by atomic mass is 10.2. The van der Waals surface area contributed by atoms with E-state index in [4.69, 9.17) is 0 Å². The van der Waals surface area contributed by atoms with Crippen molar-refractivity contribution in [2.75, 3.05) is 5.75 Å². The lowest BCUT2D eigenvalue weighted by Gasteiger charge is -2.12. The number of hydrogen-bond donors (Lipinski definition) is 0. The number of hydrogen-bond acceptors (Lipinski definition) is 1. The molecular weight excluding hydrogens is 493 g/mol. The fourth-order valence-corrected chi connectivity index (χ4v) is 5.14. The smallest absolute Gasteiger partial charge is 0.130 e. The molecular formula is C21H16Br2FNOS. The van der Waals surface area contributed by atoms with E-state index < -0.39 is 17.0 Å². The van der Waals surface area contributed by atoms with Crippen molar-refractivity contribution < 1.29 is 8.60 Å². The Kier molecular flexibility index (Phi) is 5.48. The van der Waals surface area contributed by atoms with Crippen LogP contribution in [0.5, 0.6) is 0 Å². The van der Waals surface area contributed by atoms with Crippen LogP contribution in [0.1, 0.15) is 0 Å². The molecule has 138 valence electrons. The monoisotopic (exact) mass is 507 g/mol. The maximum absolute atomic E-state index is 14.9. The molecule has 0 spiro atoms. The molecule has 0 saturated heterocycles. The minimum Gasteiger partial charge on any atom is -0.337 e. The molecule has 1 heterocycles. The largest absolute Gasteiger partial charge is 0.337 e. The van der Waals surface area contributed by atoms with Crippen LogP contribution in [0.25, 0.3) is 21.8 Å². The van der Waals surface area contributed by atoms with Gasteiger partial charge in [-0.2, -0.15) is 0 Å². The molecule has 0 aliphatic carbocycles. The second-order valence-electron chi connectivity index (χ2n) is 6.36. The van der Waals surface area contributed by atoms with Crippen LogP contribution in [0.2, 0.25) is 0 Å². The summed E-state index contributed by atoms with van der Waals surface area (Å²) in [5, 5.41) is 2.13. The third-order valence-corrected chi connectivity index (χ3v) is 6.96. The number of rotatable bonds is 5. The number of alkyl halides is 1. The molecule has 1 aromatic heterocycles. The van der Waals surface area contributed by atoms with Gasteiger partial charge in [0.2, 0.25) is 0 Å². The fourth-order valence-electron chi connectivity index (χ4n) is 3.33. The molecule has 4 rings (SSSR count). The van der Waals surface area contributed by atoms with E-state index in [1.165, 1.54) is 0 Å². The number of aromatic nitrogens is 1. The van der Waals surface area contributed by atoms with Crippen LogP contribution in [-0.4, -0.2) is 20.7 Å². The van der Waals surface area contributed by atoms with Crippen LogP contribution < -0.4 is 0 Å². The van der Waals surface area contributed by atoms with Gasteiger partial charge in [0.1, 0.15) is 6.17 Å². The van der Waals surface area contributed by atoms with Crippen molar-refractivity contribution in [3.05, 3.63) is 75.7 Å². The van der Waals surface area contributed by atoms with Crippen LogP contribution in [-0.2, 0) is 17.3 Å². The highest BCUT2D eigenvalue weighted by Gasteiger charge is 2.18. The summed E-state index contributed by atoms with van der Waals surface area (Å²) in [6, 6.07) is 21.1. The van der Waals surface area contributed by atoms with Crippen molar-refractivity contribution in [2.24, 2.45) is 0 Å².